The van der Waals surface area contributed by atoms with Crippen LogP contribution in [0.1, 0.15) is 32.6 Å². The fourth-order valence-electron chi connectivity index (χ4n) is 1.53. The van der Waals surface area contributed by atoms with Crippen LogP contribution in [-0.4, -0.2) is 50.2 Å². The topological polar surface area (TPSA) is 41.6 Å². The van der Waals surface area contributed by atoms with Gasteiger partial charge in [0.1, 0.15) is 0 Å². The van der Waals surface area contributed by atoms with Crippen molar-refractivity contribution in [2.45, 2.75) is 38.6 Å². The van der Waals surface area contributed by atoms with Gasteiger partial charge in [0.15, 0.2) is 0 Å². The quantitative estimate of drug-likeness (QED) is 0.599. The molecule has 0 saturated heterocycles. The van der Waals surface area contributed by atoms with E-state index in [0.717, 1.165) is 32.6 Å². The van der Waals surface area contributed by atoms with Gasteiger partial charge >= 0.3 is 0 Å². The third-order valence-electron chi connectivity index (χ3n) is 2.75. The molecule has 94 valence electrons. The minimum Gasteiger partial charge on any atom is -0.381 e. The number of carbonyl (C=O) groups excluding carboxylic acids is 1. The van der Waals surface area contributed by atoms with Gasteiger partial charge in [0.05, 0.1) is 6.54 Å². The Morgan fingerprint density at radius 3 is 2.81 bits per heavy atom. The lowest BCUT2D eigenvalue weighted by molar-refractivity contribution is -0.129. The van der Waals surface area contributed by atoms with Gasteiger partial charge in [0.25, 0.3) is 0 Å². The van der Waals surface area contributed by atoms with E-state index in [2.05, 4.69) is 12.2 Å². The first-order valence-corrected chi connectivity index (χ1v) is 6.29. The van der Waals surface area contributed by atoms with Crippen molar-refractivity contribution >= 4 is 5.91 Å². The number of carbonyl (C=O) groups is 1. The molecule has 0 aromatic rings. The van der Waals surface area contributed by atoms with Gasteiger partial charge in [-0.15, -0.1) is 0 Å². The molecule has 0 bridgehead atoms. The molecule has 0 heterocycles. The minimum absolute atomic E-state index is 0.206. The highest BCUT2D eigenvalue weighted by Crippen LogP contribution is 2.24. The van der Waals surface area contributed by atoms with E-state index in [1.807, 2.05) is 11.9 Å². The Kier molecular flexibility index (Phi) is 6.42. The third kappa shape index (κ3) is 5.47. The molecule has 1 N–H and O–H groups in total. The smallest absolute Gasteiger partial charge is 0.236 e. The van der Waals surface area contributed by atoms with Gasteiger partial charge < -0.3 is 15.0 Å². The number of ether oxygens (including phenoxy) is 1. The van der Waals surface area contributed by atoms with Crippen LogP contribution in [0.25, 0.3) is 0 Å². The molecule has 0 aliphatic heterocycles. The van der Waals surface area contributed by atoms with E-state index >= 15 is 0 Å². The van der Waals surface area contributed by atoms with Crippen molar-refractivity contribution < 1.29 is 9.53 Å². The van der Waals surface area contributed by atoms with Crippen LogP contribution in [0, 0.1) is 0 Å². The minimum atomic E-state index is 0.206. The molecular weight excluding hydrogens is 204 g/mol. The first-order chi connectivity index (χ1) is 7.75. The summed E-state index contributed by atoms with van der Waals surface area (Å²) in [6, 6.07) is 0.516. The number of likely N-dealkylation sites (N-methyl/N-ethyl adjacent to an activating group) is 1. The van der Waals surface area contributed by atoms with E-state index in [9.17, 15) is 4.79 Å². The molecule has 0 spiro atoms. The number of nitrogens with zero attached hydrogens (tertiary/aromatic N) is 1. The van der Waals surface area contributed by atoms with Gasteiger partial charge in [-0.2, -0.15) is 0 Å². The zero-order chi connectivity index (χ0) is 11.8. The molecule has 1 aliphatic carbocycles. The summed E-state index contributed by atoms with van der Waals surface area (Å²) < 4.78 is 5.35. The van der Waals surface area contributed by atoms with Gasteiger partial charge in [0.2, 0.25) is 5.91 Å². The zero-order valence-electron chi connectivity index (χ0n) is 10.5. The fraction of sp³-hybridized carbons (Fsp3) is 0.917. The summed E-state index contributed by atoms with van der Waals surface area (Å²) in [5.74, 6) is 0.206. The van der Waals surface area contributed by atoms with Crippen molar-refractivity contribution in [1.29, 1.82) is 0 Å². The van der Waals surface area contributed by atoms with Gasteiger partial charge in [-0.3, -0.25) is 4.79 Å². The maximum absolute atomic E-state index is 11.6. The van der Waals surface area contributed by atoms with Crippen LogP contribution in [0.3, 0.4) is 0 Å². The van der Waals surface area contributed by atoms with Crippen LogP contribution in [-0.2, 0) is 9.53 Å². The molecular formula is C12H24N2O2. The predicted octanol–water partition coefficient (Wildman–Crippen LogP) is 1.01. The van der Waals surface area contributed by atoms with Crippen molar-refractivity contribution in [1.82, 2.24) is 10.2 Å². The highest BCUT2D eigenvalue weighted by atomic mass is 16.5. The van der Waals surface area contributed by atoms with Gasteiger partial charge in [-0.05, 0) is 32.2 Å². The van der Waals surface area contributed by atoms with Crippen molar-refractivity contribution in [2.75, 3.05) is 33.4 Å². The molecule has 1 aliphatic rings. The highest BCUT2D eigenvalue weighted by molar-refractivity contribution is 5.78. The van der Waals surface area contributed by atoms with Gasteiger partial charge in [-0.25, -0.2) is 0 Å². The molecule has 1 amide bonds. The number of amides is 1. The molecule has 1 saturated carbocycles. The lowest BCUT2D eigenvalue weighted by atomic mass is 10.4. The SMILES string of the molecule is CCCOCCCNCC(=O)N(C)C1CC1. The molecule has 0 unspecified atom stereocenters. The normalized spacial score (nSPS) is 15.1. The Hall–Kier alpha value is -0.610. The van der Waals surface area contributed by atoms with E-state index < -0.39 is 0 Å². The Labute approximate surface area is 98.3 Å². The van der Waals surface area contributed by atoms with Crippen LogP contribution in [0.4, 0.5) is 0 Å². The van der Waals surface area contributed by atoms with Crippen molar-refractivity contribution in [3.63, 3.8) is 0 Å². The fourth-order valence-corrected chi connectivity index (χ4v) is 1.53. The third-order valence-corrected chi connectivity index (χ3v) is 2.75. The second kappa shape index (κ2) is 7.63. The summed E-state index contributed by atoms with van der Waals surface area (Å²) in [5.41, 5.74) is 0. The second-order valence-electron chi connectivity index (χ2n) is 4.38. The average molecular weight is 228 g/mol. The van der Waals surface area contributed by atoms with E-state index in [0.29, 0.717) is 12.6 Å². The van der Waals surface area contributed by atoms with Crippen LogP contribution in [0.2, 0.25) is 0 Å². The Bertz CT molecular complexity index is 205. The summed E-state index contributed by atoms with van der Waals surface area (Å²) >= 11 is 0. The standard InChI is InChI=1S/C12H24N2O2/c1-3-8-16-9-4-7-13-10-12(15)14(2)11-5-6-11/h11,13H,3-10H2,1-2H3. The van der Waals surface area contributed by atoms with Crippen LogP contribution < -0.4 is 5.32 Å². The Morgan fingerprint density at radius 2 is 2.19 bits per heavy atom. The number of hydrogen-bond donors (Lipinski definition) is 1. The zero-order valence-corrected chi connectivity index (χ0v) is 10.5. The van der Waals surface area contributed by atoms with Crippen molar-refractivity contribution in [2.24, 2.45) is 0 Å². The molecule has 0 radical (unpaired) electrons. The van der Waals surface area contributed by atoms with Crippen LogP contribution in [0.5, 0.6) is 0 Å². The van der Waals surface area contributed by atoms with E-state index in [-0.39, 0.29) is 5.91 Å². The molecule has 0 atom stereocenters. The van der Waals surface area contributed by atoms with E-state index in [1.54, 1.807) is 0 Å². The van der Waals surface area contributed by atoms with E-state index in [1.165, 1.54) is 12.8 Å². The Balaban J connectivity index is 1.88. The largest absolute Gasteiger partial charge is 0.381 e. The lowest BCUT2D eigenvalue weighted by Crippen LogP contribution is -2.37. The van der Waals surface area contributed by atoms with Gasteiger partial charge in [0, 0.05) is 26.3 Å². The maximum atomic E-state index is 11.6. The molecule has 4 nitrogen and oxygen atoms in total. The molecule has 0 aromatic heterocycles. The van der Waals surface area contributed by atoms with E-state index in [4.69, 9.17) is 4.74 Å². The highest BCUT2D eigenvalue weighted by Gasteiger charge is 2.28. The lowest BCUT2D eigenvalue weighted by Gasteiger charge is -2.16. The summed E-state index contributed by atoms with van der Waals surface area (Å²) in [6.07, 6.45) is 4.39. The predicted molar refractivity (Wildman–Crippen MR) is 64.4 cm³/mol. The number of rotatable bonds is 9. The molecule has 1 fully saturated rings. The summed E-state index contributed by atoms with van der Waals surface area (Å²) in [4.78, 5) is 13.5. The summed E-state index contributed by atoms with van der Waals surface area (Å²) in [5, 5.41) is 3.15. The number of nitrogens with one attached hydrogen (secondary N) is 1. The second-order valence-corrected chi connectivity index (χ2v) is 4.38. The monoisotopic (exact) mass is 228 g/mol. The van der Waals surface area contributed by atoms with Crippen molar-refractivity contribution in [3.8, 4) is 0 Å². The molecule has 16 heavy (non-hydrogen) atoms. The summed E-state index contributed by atoms with van der Waals surface area (Å²) in [7, 11) is 1.89. The first-order valence-electron chi connectivity index (χ1n) is 6.29. The van der Waals surface area contributed by atoms with Crippen LogP contribution in [0.15, 0.2) is 0 Å². The Morgan fingerprint density at radius 1 is 1.44 bits per heavy atom. The average Bonchev–Trinajstić information content (AvgIpc) is 3.10. The maximum Gasteiger partial charge on any atom is 0.236 e. The molecule has 0 aromatic carbocycles. The molecule has 4 heteroatoms. The van der Waals surface area contributed by atoms with Crippen molar-refractivity contribution in [3.05, 3.63) is 0 Å². The first kappa shape index (κ1) is 13.5. The number of hydrogen-bond acceptors (Lipinski definition) is 3. The van der Waals surface area contributed by atoms with Crippen LogP contribution >= 0.6 is 0 Å². The molecule has 1 rings (SSSR count). The summed E-state index contributed by atoms with van der Waals surface area (Å²) in [6.45, 7) is 5.04. The van der Waals surface area contributed by atoms with Gasteiger partial charge in [-0.1, -0.05) is 6.92 Å².